The van der Waals surface area contributed by atoms with Gasteiger partial charge in [0, 0.05) is 0 Å². The van der Waals surface area contributed by atoms with Crippen LogP contribution < -0.4 is 0 Å². The van der Waals surface area contributed by atoms with Crippen LogP contribution in [0.2, 0.25) is 0 Å². The molecule has 2 aliphatic rings. The standard InChI is InChI=1S/C24H28O3/c1-2-3-4-11-16-22(25)24-21(17-18-26-24)23(27-24,19-12-7-5-8-13-19)20-14-9-6-10-15-20/h5-10,12-15,17-18,21-22,25H,2-4,11,16H2,1H3/t21-,22+,24-/m0/s1. The molecule has 0 saturated carbocycles. The quantitative estimate of drug-likeness (QED) is 0.659. The maximum Gasteiger partial charge on any atom is 0.246 e. The SMILES string of the molecule is CCCCCC[C@@H](O)[C@]12OC=C[C@H]1C(c1ccccc1)(c1ccccc1)O2. The highest BCUT2D eigenvalue weighted by molar-refractivity contribution is 5.44. The fourth-order valence-corrected chi connectivity index (χ4v) is 4.53. The number of aliphatic hydroxyl groups excluding tert-OH is 1. The fraction of sp³-hybridized carbons (Fsp3) is 0.417. The average Bonchev–Trinajstić information content (AvgIpc) is 3.06. The van der Waals surface area contributed by atoms with Crippen molar-refractivity contribution >= 4 is 0 Å². The lowest BCUT2D eigenvalue weighted by Crippen LogP contribution is -2.70. The predicted octanol–water partition coefficient (Wildman–Crippen LogP) is 5.15. The Labute approximate surface area is 161 Å². The largest absolute Gasteiger partial charge is 0.467 e. The summed E-state index contributed by atoms with van der Waals surface area (Å²) >= 11 is 0. The maximum atomic E-state index is 11.0. The van der Waals surface area contributed by atoms with Gasteiger partial charge in [0.1, 0.15) is 11.7 Å². The van der Waals surface area contributed by atoms with E-state index in [2.05, 4.69) is 37.3 Å². The molecular weight excluding hydrogens is 336 g/mol. The molecule has 1 N–H and O–H groups in total. The molecule has 3 heteroatoms. The Morgan fingerprint density at radius 2 is 1.56 bits per heavy atom. The molecule has 0 amide bonds. The summed E-state index contributed by atoms with van der Waals surface area (Å²) in [5.41, 5.74) is 1.55. The van der Waals surface area contributed by atoms with Crippen LogP contribution in [-0.4, -0.2) is 17.0 Å². The molecule has 2 aromatic rings. The molecule has 0 unspecified atom stereocenters. The van der Waals surface area contributed by atoms with E-state index in [1.54, 1.807) is 6.26 Å². The van der Waals surface area contributed by atoms with Crippen molar-refractivity contribution in [3.63, 3.8) is 0 Å². The Morgan fingerprint density at radius 3 is 2.15 bits per heavy atom. The van der Waals surface area contributed by atoms with Crippen LogP contribution in [0.15, 0.2) is 73.0 Å². The lowest BCUT2D eigenvalue weighted by Gasteiger charge is -2.59. The Hall–Kier alpha value is -2.10. The number of hydrogen-bond donors (Lipinski definition) is 1. The summed E-state index contributed by atoms with van der Waals surface area (Å²) in [5.74, 6) is -1.03. The van der Waals surface area contributed by atoms with E-state index in [1.807, 2.05) is 36.4 Å². The summed E-state index contributed by atoms with van der Waals surface area (Å²) in [5, 5.41) is 11.0. The summed E-state index contributed by atoms with van der Waals surface area (Å²) in [6.07, 6.45) is 8.30. The fourth-order valence-electron chi connectivity index (χ4n) is 4.53. The van der Waals surface area contributed by atoms with Crippen molar-refractivity contribution in [1.82, 2.24) is 0 Å². The van der Waals surface area contributed by atoms with Crippen molar-refractivity contribution in [2.24, 2.45) is 5.92 Å². The predicted molar refractivity (Wildman–Crippen MR) is 106 cm³/mol. The van der Waals surface area contributed by atoms with Crippen LogP contribution in [-0.2, 0) is 15.1 Å². The van der Waals surface area contributed by atoms with Gasteiger partial charge in [-0.25, -0.2) is 0 Å². The zero-order valence-corrected chi connectivity index (χ0v) is 15.9. The van der Waals surface area contributed by atoms with Gasteiger partial charge in [-0.1, -0.05) is 93.3 Å². The molecule has 27 heavy (non-hydrogen) atoms. The molecule has 2 heterocycles. The summed E-state index contributed by atoms with van der Waals surface area (Å²) in [4.78, 5) is 0. The van der Waals surface area contributed by atoms with Gasteiger partial charge in [0.05, 0.1) is 12.2 Å². The first-order valence-electron chi connectivity index (χ1n) is 10.1. The zero-order chi connectivity index (χ0) is 18.7. The van der Waals surface area contributed by atoms with Gasteiger partial charge < -0.3 is 14.6 Å². The van der Waals surface area contributed by atoms with Gasteiger partial charge in [0.25, 0.3) is 0 Å². The summed E-state index contributed by atoms with van der Waals surface area (Å²) in [7, 11) is 0. The number of aliphatic hydroxyl groups is 1. The monoisotopic (exact) mass is 364 g/mol. The molecule has 0 radical (unpaired) electrons. The molecule has 2 aromatic carbocycles. The first-order chi connectivity index (χ1) is 13.2. The van der Waals surface area contributed by atoms with Gasteiger partial charge in [0.15, 0.2) is 0 Å². The maximum absolute atomic E-state index is 11.0. The number of rotatable bonds is 8. The highest BCUT2D eigenvalue weighted by Gasteiger charge is 2.71. The highest BCUT2D eigenvalue weighted by Crippen LogP contribution is 2.62. The van der Waals surface area contributed by atoms with E-state index in [0.717, 1.165) is 24.0 Å². The third-order valence-electron chi connectivity index (χ3n) is 5.92. The second-order valence-electron chi connectivity index (χ2n) is 7.58. The van der Waals surface area contributed by atoms with Gasteiger partial charge >= 0.3 is 0 Å². The van der Waals surface area contributed by atoms with Crippen LogP contribution in [0.4, 0.5) is 0 Å². The number of unbranched alkanes of at least 4 members (excludes halogenated alkanes) is 3. The second-order valence-corrected chi connectivity index (χ2v) is 7.58. The number of ether oxygens (including phenoxy) is 2. The van der Waals surface area contributed by atoms with Crippen LogP contribution in [0.3, 0.4) is 0 Å². The minimum atomic E-state index is -0.974. The molecular formula is C24H28O3. The third kappa shape index (κ3) is 2.90. The molecule has 2 aliphatic heterocycles. The minimum Gasteiger partial charge on any atom is -0.467 e. The molecule has 142 valence electrons. The van der Waals surface area contributed by atoms with Crippen LogP contribution in [0.25, 0.3) is 0 Å². The Morgan fingerprint density at radius 1 is 0.926 bits per heavy atom. The zero-order valence-electron chi connectivity index (χ0n) is 15.9. The van der Waals surface area contributed by atoms with Crippen molar-refractivity contribution in [2.45, 2.75) is 56.5 Å². The summed E-state index contributed by atoms with van der Waals surface area (Å²) in [6.45, 7) is 2.19. The van der Waals surface area contributed by atoms with Crippen molar-refractivity contribution in [3.05, 3.63) is 84.1 Å². The third-order valence-corrected chi connectivity index (χ3v) is 5.92. The average molecular weight is 364 g/mol. The lowest BCUT2D eigenvalue weighted by molar-refractivity contribution is -0.411. The molecule has 0 spiro atoms. The number of benzene rings is 2. The first-order valence-corrected chi connectivity index (χ1v) is 10.1. The van der Waals surface area contributed by atoms with E-state index in [-0.39, 0.29) is 5.92 Å². The van der Waals surface area contributed by atoms with Crippen molar-refractivity contribution < 1.29 is 14.6 Å². The smallest absolute Gasteiger partial charge is 0.246 e. The van der Waals surface area contributed by atoms with E-state index in [9.17, 15) is 5.11 Å². The van der Waals surface area contributed by atoms with Crippen LogP contribution in [0, 0.1) is 5.92 Å². The summed E-state index contributed by atoms with van der Waals surface area (Å²) < 4.78 is 12.5. The first kappa shape index (κ1) is 18.3. The molecule has 0 aliphatic carbocycles. The van der Waals surface area contributed by atoms with E-state index < -0.39 is 17.5 Å². The van der Waals surface area contributed by atoms with Gasteiger partial charge in [-0.3, -0.25) is 0 Å². The highest BCUT2D eigenvalue weighted by atomic mass is 16.7. The molecule has 0 bridgehead atoms. The van der Waals surface area contributed by atoms with Crippen LogP contribution >= 0.6 is 0 Å². The molecule has 1 fully saturated rings. The van der Waals surface area contributed by atoms with Gasteiger partial charge in [-0.15, -0.1) is 0 Å². The Bertz CT molecular complexity index is 731. The van der Waals surface area contributed by atoms with E-state index in [0.29, 0.717) is 6.42 Å². The minimum absolute atomic E-state index is 0.0593. The Kier molecular flexibility index (Phi) is 5.07. The van der Waals surface area contributed by atoms with E-state index >= 15 is 0 Å². The van der Waals surface area contributed by atoms with Gasteiger partial charge in [-0.2, -0.15) is 0 Å². The molecule has 4 rings (SSSR count). The van der Waals surface area contributed by atoms with E-state index in [4.69, 9.17) is 9.47 Å². The molecule has 0 aromatic heterocycles. The molecule has 3 nitrogen and oxygen atoms in total. The van der Waals surface area contributed by atoms with Crippen molar-refractivity contribution in [3.8, 4) is 0 Å². The summed E-state index contributed by atoms with van der Waals surface area (Å²) in [6, 6.07) is 20.5. The topological polar surface area (TPSA) is 38.7 Å². The normalized spacial score (nSPS) is 26.1. The Balaban J connectivity index is 1.65. The van der Waals surface area contributed by atoms with Crippen LogP contribution in [0.5, 0.6) is 0 Å². The second kappa shape index (κ2) is 7.49. The van der Waals surface area contributed by atoms with Gasteiger partial charge in [-0.05, 0) is 23.6 Å². The molecule has 1 saturated heterocycles. The van der Waals surface area contributed by atoms with Crippen LogP contribution in [0.1, 0.15) is 50.2 Å². The lowest BCUT2D eigenvalue weighted by atomic mass is 9.65. The molecule has 3 atom stereocenters. The van der Waals surface area contributed by atoms with E-state index in [1.165, 1.54) is 12.8 Å². The number of fused-ring (bicyclic) bond motifs is 1. The van der Waals surface area contributed by atoms with Gasteiger partial charge in [0.2, 0.25) is 5.79 Å². The number of hydrogen-bond acceptors (Lipinski definition) is 3. The van der Waals surface area contributed by atoms with Crippen molar-refractivity contribution in [2.75, 3.05) is 0 Å². The van der Waals surface area contributed by atoms with Crippen molar-refractivity contribution in [1.29, 1.82) is 0 Å².